The highest BCUT2D eigenvalue weighted by Gasteiger charge is 2.23. The first-order valence-electron chi connectivity index (χ1n) is 6.87. The zero-order valence-corrected chi connectivity index (χ0v) is 13.5. The second-order valence-electron chi connectivity index (χ2n) is 4.96. The van der Waals surface area contributed by atoms with Crippen molar-refractivity contribution in [3.63, 3.8) is 0 Å². The number of carbonyl (C=O) groups excluding carboxylic acids is 1. The highest BCUT2D eigenvalue weighted by atomic mass is 79.9. The maximum atomic E-state index is 11.6. The van der Waals surface area contributed by atoms with Gasteiger partial charge in [0.1, 0.15) is 5.69 Å². The van der Waals surface area contributed by atoms with Crippen LogP contribution in [0, 0.1) is 0 Å². The molecular weight excluding hydrogens is 358 g/mol. The van der Waals surface area contributed by atoms with Gasteiger partial charge in [0.2, 0.25) is 0 Å². The summed E-state index contributed by atoms with van der Waals surface area (Å²) in [7, 11) is 0. The van der Waals surface area contributed by atoms with Crippen LogP contribution in [0.15, 0.2) is 59.1 Å². The number of aromatic nitrogens is 1. The van der Waals surface area contributed by atoms with Crippen molar-refractivity contribution in [2.75, 3.05) is 0 Å². The quantitative estimate of drug-likeness (QED) is 0.659. The van der Waals surface area contributed by atoms with E-state index in [0.29, 0.717) is 17.4 Å². The maximum Gasteiger partial charge on any atom is 0.352 e. The monoisotopic (exact) mass is 369 g/mol. The summed E-state index contributed by atoms with van der Waals surface area (Å²) in [5.74, 6) is -1.10. The van der Waals surface area contributed by atoms with Gasteiger partial charge in [0.05, 0.1) is 5.69 Å². The first-order valence-corrected chi connectivity index (χ1v) is 7.67. The molecule has 4 nitrogen and oxygen atoms in total. The summed E-state index contributed by atoms with van der Waals surface area (Å²) in [6, 6.07) is 16.6. The lowest BCUT2D eigenvalue weighted by molar-refractivity contribution is 0.0692. The van der Waals surface area contributed by atoms with Crippen LogP contribution >= 0.6 is 15.9 Å². The molecule has 114 valence electrons. The summed E-state index contributed by atoms with van der Waals surface area (Å²) in [6.45, 7) is 0. The lowest BCUT2D eigenvalue weighted by Gasteiger charge is -2.07. The van der Waals surface area contributed by atoms with Crippen LogP contribution in [-0.2, 0) is 0 Å². The van der Waals surface area contributed by atoms with Crippen LogP contribution in [0.4, 0.5) is 0 Å². The molecule has 3 rings (SSSR count). The van der Waals surface area contributed by atoms with Gasteiger partial charge >= 0.3 is 5.97 Å². The van der Waals surface area contributed by atoms with Crippen LogP contribution in [0.5, 0.6) is 0 Å². The van der Waals surface area contributed by atoms with E-state index < -0.39 is 5.97 Å². The molecule has 1 aromatic heterocycles. The van der Waals surface area contributed by atoms with Gasteiger partial charge in [-0.2, -0.15) is 0 Å². The zero-order valence-electron chi connectivity index (χ0n) is 11.9. The highest BCUT2D eigenvalue weighted by Crippen LogP contribution is 2.38. The third-order valence-electron chi connectivity index (χ3n) is 3.54. The largest absolute Gasteiger partial charge is 0.477 e. The van der Waals surface area contributed by atoms with Crippen molar-refractivity contribution in [2.24, 2.45) is 0 Å². The Morgan fingerprint density at radius 2 is 1.70 bits per heavy atom. The van der Waals surface area contributed by atoms with Crippen molar-refractivity contribution < 1.29 is 14.7 Å². The number of hydrogen-bond donors (Lipinski definition) is 2. The summed E-state index contributed by atoms with van der Waals surface area (Å²) >= 11 is 3.41. The number of benzene rings is 2. The summed E-state index contributed by atoms with van der Waals surface area (Å²) in [6.07, 6.45) is 0.648. The molecule has 0 atom stereocenters. The van der Waals surface area contributed by atoms with E-state index in [2.05, 4.69) is 20.9 Å². The van der Waals surface area contributed by atoms with E-state index in [4.69, 9.17) is 0 Å². The first kappa shape index (κ1) is 15.2. The fraction of sp³-hybridized carbons (Fsp3) is 0. The summed E-state index contributed by atoms with van der Waals surface area (Å²) in [5, 5.41) is 9.51. The topological polar surface area (TPSA) is 70.2 Å². The minimum atomic E-state index is -1.10. The first-order chi connectivity index (χ1) is 11.1. The molecule has 0 aliphatic rings. The Bertz CT molecular complexity index is 885. The summed E-state index contributed by atoms with van der Waals surface area (Å²) in [5.41, 5.74) is 2.86. The molecule has 0 spiro atoms. The molecule has 3 aromatic rings. The lowest BCUT2D eigenvalue weighted by atomic mass is 9.95. The molecule has 0 fully saturated rings. The molecule has 0 bridgehead atoms. The van der Waals surface area contributed by atoms with Crippen molar-refractivity contribution in [2.45, 2.75) is 0 Å². The Morgan fingerprint density at radius 1 is 1.00 bits per heavy atom. The van der Waals surface area contributed by atoms with E-state index in [1.807, 2.05) is 54.6 Å². The SMILES string of the molecule is O=Cc1[nH]c(C(=O)O)c(-c2ccccc2)c1-c1cccc(Br)c1. The number of rotatable bonds is 4. The molecule has 0 unspecified atom stereocenters. The third-order valence-corrected chi connectivity index (χ3v) is 4.03. The zero-order chi connectivity index (χ0) is 16.4. The van der Waals surface area contributed by atoms with Gasteiger partial charge in [-0.25, -0.2) is 4.79 Å². The molecule has 0 radical (unpaired) electrons. The van der Waals surface area contributed by atoms with E-state index in [-0.39, 0.29) is 11.4 Å². The number of halogens is 1. The molecule has 0 amide bonds. The van der Waals surface area contributed by atoms with E-state index in [0.717, 1.165) is 15.6 Å². The van der Waals surface area contributed by atoms with Gasteiger partial charge in [-0.1, -0.05) is 58.4 Å². The minimum absolute atomic E-state index is 0.00766. The molecule has 23 heavy (non-hydrogen) atoms. The molecule has 0 aliphatic heterocycles. The number of carboxylic acid groups (broad SMARTS) is 1. The van der Waals surface area contributed by atoms with E-state index in [1.165, 1.54) is 0 Å². The molecule has 0 aliphatic carbocycles. The molecule has 2 N–H and O–H groups in total. The molecule has 2 aromatic carbocycles. The number of aromatic amines is 1. The lowest BCUT2D eigenvalue weighted by Crippen LogP contribution is -1.99. The molecule has 0 saturated heterocycles. The van der Waals surface area contributed by atoms with Crippen LogP contribution in [0.2, 0.25) is 0 Å². The van der Waals surface area contributed by atoms with E-state index in [1.54, 1.807) is 0 Å². The van der Waals surface area contributed by atoms with Crippen LogP contribution in [0.3, 0.4) is 0 Å². The summed E-state index contributed by atoms with van der Waals surface area (Å²) in [4.78, 5) is 25.8. The second-order valence-corrected chi connectivity index (χ2v) is 5.88. The van der Waals surface area contributed by atoms with Gasteiger partial charge < -0.3 is 10.1 Å². The Balaban J connectivity index is 2.37. The Labute approximate surface area is 140 Å². The standard InChI is InChI=1S/C18H12BrNO3/c19-13-8-4-7-12(9-13)15-14(10-21)20-17(18(22)23)16(15)11-5-2-1-3-6-11/h1-10,20H,(H,22,23). The van der Waals surface area contributed by atoms with Crippen molar-refractivity contribution in [3.05, 3.63) is 70.5 Å². The maximum absolute atomic E-state index is 11.6. The number of carbonyl (C=O) groups is 2. The number of carboxylic acids is 1. The number of aldehydes is 1. The van der Waals surface area contributed by atoms with Crippen LogP contribution in [0.1, 0.15) is 21.0 Å². The predicted molar refractivity (Wildman–Crippen MR) is 91.7 cm³/mol. The fourth-order valence-electron chi connectivity index (χ4n) is 2.61. The molecule has 5 heteroatoms. The molecular formula is C18H12BrNO3. The van der Waals surface area contributed by atoms with Crippen LogP contribution in [0.25, 0.3) is 22.3 Å². The van der Waals surface area contributed by atoms with Gasteiger partial charge in [0.15, 0.2) is 6.29 Å². The third kappa shape index (κ3) is 2.83. The van der Waals surface area contributed by atoms with Gasteiger partial charge in [-0.15, -0.1) is 0 Å². The average molecular weight is 370 g/mol. The van der Waals surface area contributed by atoms with Crippen LogP contribution < -0.4 is 0 Å². The smallest absolute Gasteiger partial charge is 0.352 e. The fourth-order valence-corrected chi connectivity index (χ4v) is 3.00. The Hall–Kier alpha value is -2.66. The normalized spacial score (nSPS) is 10.5. The Kier molecular flexibility index (Phi) is 4.12. The Morgan fingerprint density at radius 3 is 2.30 bits per heavy atom. The van der Waals surface area contributed by atoms with E-state index >= 15 is 0 Å². The van der Waals surface area contributed by atoms with Crippen molar-refractivity contribution >= 4 is 28.2 Å². The number of nitrogens with one attached hydrogen (secondary N) is 1. The summed E-state index contributed by atoms with van der Waals surface area (Å²) < 4.78 is 0.851. The highest BCUT2D eigenvalue weighted by molar-refractivity contribution is 9.10. The van der Waals surface area contributed by atoms with Crippen molar-refractivity contribution in [1.29, 1.82) is 0 Å². The second kappa shape index (κ2) is 6.22. The molecule has 1 heterocycles. The minimum Gasteiger partial charge on any atom is -0.477 e. The van der Waals surface area contributed by atoms with Gasteiger partial charge in [-0.3, -0.25) is 4.79 Å². The number of aromatic carboxylic acids is 1. The van der Waals surface area contributed by atoms with Gasteiger partial charge in [-0.05, 0) is 23.3 Å². The van der Waals surface area contributed by atoms with Crippen LogP contribution in [-0.4, -0.2) is 22.3 Å². The number of H-pyrrole nitrogens is 1. The van der Waals surface area contributed by atoms with Gasteiger partial charge in [0, 0.05) is 15.6 Å². The number of hydrogen-bond acceptors (Lipinski definition) is 2. The van der Waals surface area contributed by atoms with E-state index in [9.17, 15) is 14.7 Å². The van der Waals surface area contributed by atoms with Crippen molar-refractivity contribution in [3.8, 4) is 22.3 Å². The van der Waals surface area contributed by atoms with Gasteiger partial charge in [0.25, 0.3) is 0 Å². The van der Waals surface area contributed by atoms with Crippen molar-refractivity contribution in [1.82, 2.24) is 4.98 Å². The predicted octanol–water partition coefficient (Wildman–Crippen LogP) is 4.62. The average Bonchev–Trinajstić information content (AvgIpc) is 2.95. The molecule has 0 saturated carbocycles.